The molecule has 0 radical (unpaired) electrons. The minimum absolute atomic E-state index is 0.122. The number of aromatic hydroxyl groups is 3. The Kier molecular flexibility index (Phi) is 31.0. The van der Waals surface area contributed by atoms with Gasteiger partial charge in [0.2, 0.25) is 53.4 Å². The number of imidazole rings is 1. The predicted octanol–water partition coefficient (Wildman–Crippen LogP) is 4.95. The first-order valence-corrected chi connectivity index (χ1v) is 43.2. The third-order valence-corrected chi connectivity index (χ3v) is 24.2. The molecule has 18 atom stereocenters. The van der Waals surface area contributed by atoms with Gasteiger partial charge in [0.1, 0.15) is 89.5 Å². The van der Waals surface area contributed by atoms with Crippen LogP contribution in [-0.4, -0.2) is 215 Å². The summed E-state index contributed by atoms with van der Waals surface area (Å²) in [5, 5.41) is 136. The van der Waals surface area contributed by atoms with E-state index in [1.165, 1.54) is 31.3 Å². The van der Waals surface area contributed by atoms with Crippen LogP contribution in [0, 0.1) is 5.92 Å². The summed E-state index contributed by atoms with van der Waals surface area (Å²) in [6, 6.07) is 10.7. The Labute approximate surface area is 763 Å². The molecule has 8 aromatic rings. The highest BCUT2D eigenvalue weighted by Gasteiger charge is 2.52. The summed E-state index contributed by atoms with van der Waals surface area (Å²) in [6.45, 7) is 8.01. The van der Waals surface area contributed by atoms with Crippen molar-refractivity contribution in [3.8, 4) is 68.2 Å². The lowest BCUT2D eigenvalue weighted by atomic mass is 9.85. The van der Waals surface area contributed by atoms with Gasteiger partial charge in [-0.05, 0) is 171 Å². The molecule has 706 valence electrons. The van der Waals surface area contributed by atoms with E-state index in [0.717, 1.165) is 78.4 Å². The summed E-state index contributed by atoms with van der Waals surface area (Å²) in [5.41, 5.74) is 9.14. The van der Waals surface area contributed by atoms with Crippen molar-refractivity contribution in [2.75, 3.05) is 33.2 Å². The van der Waals surface area contributed by atoms with Gasteiger partial charge < -0.3 is 144 Å². The van der Waals surface area contributed by atoms with E-state index in [1.54, 1.807) is 49.3 Å². The number of primary amides is 1. The number of nitrogens with zero attached hydrogens (tertiary/aromatic N) is 2. The Morgan fingerprint density at radius 3 is 1.93 bits per heavy atom. The number of fused-ring (bicyclic) bond motifs is 15. The molecule has 7 aliphatic rings. The first kappa shape index (κ1) is 97.7. The van der Waals surface area contributed by atoms with Crippen LogP contribution >= 0.6 is 23.2 Å². The highest BCUT2D eigenvalue weighted by Crippen LogP contribution is 2.51. The van der Waals surface area contributed by atoms with Crippen molar-refractivity contribution in [3.05, 3.63) is 195 Å². The zero-order valence-corrected chi connectivity index (χ0v) is 73.3. The fourth-order valence-corrected chi connectivity index (χ4v) is 16.9. The minimum atomic E-state index is -4.48. The Morgan fingerprint density at radius 2 is 1.32 bits per heavy atom. The first-order valence-electron chi connectivity index (χ1n) is 42.5. The molecule has 0 unspecified atom stereocenters. The van der Waals surface area contributed by atoms with Crippen LogP contribution < -0.4 is 78.8 Å². The molecule has 8 heterocycles. The number of likely N-dealkylation sites (N-methyl/N-ethyl adjacent to an activating group) is 1. The Balaban J connectivity index is 0.920. The maximum absolute atomic E-state index is 16.5. The van der Waals surface area contributed by atoms with E-state index in [-0.39, 0.29) is 64.9 Å². The highest BCUT2D eigenvalue weighted by atomic mass is 35.5. The van der Waals surface area contributed by atoms with Crippen LogP contribution in [0.15, 0.2) is 140 Å². The van der Waals surface area contributed by atoms with Crippen molar-refractivity contribution in [2.45, 2.75) is 195 Å². The molecule has 7 amide bonds. The lowest BCUT2D eigenvalue weighted by Gasteiger charge is -2.48. The number of carboxylic acid groups (broad SMARTS) is 1. The molecule has 1 aromatic heterocycles. The number of aryl methyl sites for hydroxylation is 1. The van der Waals surface area contributed by atoms with Gasteiger partial charge >= 0.3 is 12.1 Å². The van der Waals surface area contributed by atoms with Gasteiger partial charge in [-0.25, -0.2) is 9.78 Å². The number of carbonyl (C=O) groups is 8. The number of aliphatic carboxylic acids is 1. The molecule has 15 rings (SSSR count). The smallest absolute Gasteiger partial charge is 0.416 e. The van der Waals surface area contributed by atoms with E-state index in [0.29, 0.717) is 50.1 Å². The molecule has 7 aromatic carbocycles. The number of carboxylic acids is 1. The van der Waals surface area contributed by atoms with Crippen molar-refractivity contribution >= 4 is 70.5 Å². The molecule has 0 spiro atoms. The number of hydrogen-bond donors (Lipinski definition) is 21. The molecule has 11 bridgehead atoms. The molecular formula is C90H103Cl2F3N14O23. The number of amides is 7. The van der Waals surface area contributed by atoms with Crippen LogP contribution in [0.4, 0.5) is 13.2 Å². The second kappa shape index (κ2) is 41.9. The number of alkyl halides is 3. The molecule has 42 heteroatoms. The number of benzene rings is 7. The van der Waals surface area contributed by atoms with E-state index in [9.17, 15) is 73.5 Å². The van der Waals surface area contributed by atoms with Gasteiger partial charge in [-0.2, -0.15) is 13.2 Å². The summed E-state index contributed by atoms with van der Waals surface area (Å²) < 4.78 is 81.5. The fraction of sp³-hybridized carbons (Fsp3) is 0.411. The van der Waals surface area contributed by atoms with Gasteiger partial charge in [0.05, 0.1) is 52.2 Å². The average Bonchev–Trinajstić information content (AvgIpc) is 1.31. The number of aromatic nitrogens is 2. The summed E-state index contributed by atoms with van der Waals surface area (Å²) in [5.74, 6) is -16.1. The van der Waals surface area contributed by atoms with Crippen molar-refractivity contribution in [2.24, 2.45) is 17.4 Å². The standard InChI is InChI=1S/C90H103Cl2F3N14O23/c1-41(2)28-56(98-5)81(119)107-71-73(113)47-15-20-60(54(91)30-47)128-62-32-49-33-63(78(62)132-88-79(77(117)76(116)64(37-96)130-88)131-66-36-89(4,80(118)42(3)127-66)102-24-6-22-99-38-43-8-10-44(11-9-43)45-12-17-50(18-13-45)90(93,94)95)129-61-21-16-48(31-55(61)92)74(114)72-86(124)106-70(87(125)126)52-34-59(111)53(39-100-23-7-26-109-27-25-101-40-109)75(115)67(52)51-29-46(14-19-58(51)110)68(83(121)108-72)105-84(122)69(49)104-82(120)57(35-65(97)112)103-85(71)123/h8-21,25,27,29-34,40-42,56-57,64,66,68-74,76-77,79-80,88,98-100,102,110-111,113-118H,6-7,22-24,26,28,35-39,96H2,1-5H3,(H2,97,112)(H,103,123)(H,104,120)(H,105,122)(H,106,124)(H,107,119)(H,108,121)(H,125,126)/t42-,56+,57-,64+,66-,68+,69+,70-,71+,72-,73+,74+,76+,77-,79+,80+,88-,89-/m0/s1. The Hall–Kier alpha value is -11.8. The zero-order chi connectivity index (χ0) is 95.1. The summed E-state index contributed by atoms with van der Waals surface area (Å²) >= 11 is 14.4. The van der Waals surface area contributed by atoms with Crippen LogP contribution in [0.3, 0.4) is 0 Å². The highest BCUT2D eigenvalue weighted by molar-refractivity contribution is 6.32. The second-order valence-electron chi connectivity index (χ2n) is 33.5. The number of phenols is 3. The van der Waals surface area contributed by atoms with Gasteiger partial charge in [0.25, 0.3) is 0 Å². The van der Waals surface area contributed by atoms with Crippen molar-refractivity contribution in [3.63, 3.8) is 0 Å². The van der Waals surface area contributed by atoms with Gasteiger partial charge in [-0.1, -0.05) is 91.6 Å². The van der Waals surface area contributed by atoms with Gasteiger partial charge in [-0.15, -0.1) is 0 Å². The SMILES string of the molecule is CN[C@H](CC(C)C)C(=O)N[C@H]1C(=O)N[C@@H](CC(N)=O)C(=O)N[C@H]2C(=O)N[C@H]3C(=O)N[C@H](C(=O)N[C@H](C(=O)O)c4cc(O)c(CNCCCn5ccnc5)c(O)c4-c4cc3ccc4O)[C@H](O)c3ccc(c(Cl)c3)Oc3cc2cc(c3O[C@@H]2O[C@H](CN)[C@@H](O)[C@H](O)[C@H]2O[C@H]2C[C@](C)(NCCCNCc3ccc(-c4ccc(C(F)(F)F)cc4)cc3)[C@H](O)[C@H](C)O2)Oc2ccc(cc2Cl)[C@H]1O. The third kappa shape index (κ3) is 22.4. The zero-order valence-electron chi connectivity index (χ0n) is 71.8. The molecule has 37 nitrogen and oxygen atoms in total. The number of nitrogens with two attached hydrogens (primary N) is 2. The molecule has 2 saturated heterocycles. The Morgan fingerprint density at radius 1 is 0.697 bits per heavy atom. The molecule has 132 heavy (non-hydrogen) atoms. The topological polar surface area (TPSA) is 564 Å². The third-order valence-electron chi connectivity index (χ3n) is 23.6. The van der Waals surface area contributed by atoms with E-state index < -0.39 is 249 Å². The average molecular weight is 1880 g/mol. The number of phenolic OH excluding ortho intramolecular Hbond substituents is 3. The quantitative estimate of drug-likeness (QED) is 0.0303. The normalized spacial score (nSPS) is 25.4. The maximum atomic E-state index is 16.5. The lowest BCUT2D eigenvalue weighted by molar-refractivity contribution is -0.331. The number of carbonyl (C=O) groups excluding carboxylic acids is 7. The van der Waals surface area contributed by atoms with Crippen molar-refractivity contribution in [1.29, 1.82) is 0 Å². The van der Waals surface area contributed by atoms with Crippen molar-refractivity contribution < 1.29 is 126 Å². The number of aliphatic hydroxyl groups is 5. The number of ether oxygens (including phenoxy) is 6. The molecular weight excluding hydrogens is 1770 g/mol. The lowest BCUT2D eigenvalue weighted by Crippen LogP contribution is -2.65. The number of halogens is 5. The second-order valence-corrected chi connectivity index (χ2v) is 34.3. The van der Waals surface area contributed by atoms with E-state index >= 15 is 24.0 Å². The van der Waals surface area contributed by atoms with Crippen molar-refractivity contribution in [1.82, 2.24) is 62.7 Å². The maximum Gasteiger partial charge on any atom is 0.416 e. The molecule has 7 aliphatic heterocycles. The first-order chi connectivity index (χ1) is 62.8. The van der Waals surface area contributed by atoms with Crippen LogP contribution in [0.5, 0.6) is 46.0 Å². The number of hydrogen-bond acceptors (Lipinski definition) is 28. The van der Waals surface area contributed by atoms with E-state index in [1.807, 2.05) is 26.0 Å². The Bertz CT molecular complexity index is 5560. The molecule has 0 saturated carbocycles. The number of aliphatic hydroxyl groups excluding tert-OH is 5. The predicted molar refractivity (Wildman–Crippen MR) is 467 cm³/mol. The van der Waals surface area contributed by atoms with Crippen LogP contribution in [0.2, 0.25) is 10.0 Å². The molecule has 23 N–H and O–H groups in total. The molecule has 0 aliphatic carbocycles. The van der Waals surface area contributed by atoms with Crippen LogP contribution in [-0.2, 0) is 78.4 Å². The minimum Gasteiger partial charge on any atom is -0.507 e. The van der Waals surface area contributed by atoms with Gasteiger partial charge in [0.15, 0.2) is 29.9 Å². The fourth-order valence-electron chi connectivity index (χ4n) is 16.4. The largest absolute Gasteiger partial charge is 0.507 e. The van der Waals surface area contributed by atoms with E-state index in [2.05, 4.69) is 58.2 Å². The summed E-state index contributed by atoms with van der Waals surface area (Å²) in [7, 11) is 1.47. The van der Waals surface area contributed by atoms with Gasteiger partial charge in [0, 0.05) is 67.2 Å². The van der Waals surface area contributed by atoms with Gasteiger partial charge in [-0.3, -0.25) is 33.6 Å². The van der Waals surface area contributed by atoms with Crippen LogP contribution in [0.25, 0.3) is 22.3 Å². The van der Waals surface area contributed by atoms with Crippen LogP contribution in [0.1, 0.15) is 135 Å². The van der Waals surface area contributed by atoms with E-state index in [4.69, 9.17) is 63.1 Å². The number of rotatable bonds is 27. The summed E-state index contributed by atoms with van der Waals surface area (Å²) in [4.78, 5) is 124. The summed E-state index contributed by atoms with van der Waals surface area (Å²) in [6.07, 6.45) is -16.9. The monoisotopic (exact) mass is 1870 g/mol. The molecule has 2 fully saturated rings. The number of nitrogens with one attached hydrogen (secondary N) is 10.